The second-order valence-electron chi connectivity index (χ2n) is 4.55. The van der Waals surface area contributed by atoms with Crippen molar-refractivity contribution in [1.29, 1.82) is 0 Å². The van der Waals surface area contributed by atoms with Gasteiger partial charge in [0.2, 0.25) is 5.91 Å². The van der Waals surface area contributed by atoms with Crippen LogP contribution in [-0.2, 0) is 4.79 Å². The summed E-state index contributed by atoms with van der Waals surface area (Å²) in [4.78, 5) is 13.6. The van der Waals surface area contributed by atoms with Crippen LogP contribution in [0, 0.1) is 11.8 Å². The van der Waals surface area contributed by atoms with Crippen LogP contribution in [0.15, 0.2) is 0 Å². The molecular formula is C11H22N2O2. The fourth-order valence-electron chi connectivity index (χ4n) is 1.95. The van der Waals surface area contributed by atoms with Gasteiger partial charge in [-0.2, -0.15) is 0 Å². The van der Waals surface area contributed by atoms with E-state index >= 15 is 0 Å². The Morgan fingerprint density at radius 1 is 1.47 bits per heavy atom. The second kappa shape index (κ2) is 6.08. The number of nitrogens with zero attached hydrogens (tertiary/aromatic N) is 1. The van der Waals surface area contributed by atoms with Crippen molar-refractivity contribution in [1.82, 2.24) is 10.2 Å². The van der Waals surface area contributed by atoms with E-state index < -0.39 is 0 Å². The molecule has 0 radical (unpaired) electrons. The third-order valence-electron chi connectivity index (χ3n) is 3.22. The molecule has 1 saturated heterocycles. The molecule has 1 amide bonds. The molecular weight excluding hydrogens is 192 g/mol. The summed E-state index contributed by atoms with van der Waals surface area (Å²) in [6.07, 6.45) is 1.18. The van der Waals surface area contributed by atoms with E-state index in [1.54, 1.807) is 0 Å². The molecule has 2 N–H and O–H groups in total. The number of carbonyl (C=O) groups excluding carboxylic acids is 1. The van der Waals surface area contributed by atoms with E-state index in [1.807, 2.05) is 0 Å². The molecule has 4 nitrogen and oxygen atoms in total. The number of rotatable bonds is 4. The molecule has 1 rings (SSSR count). The largest absolute Gasteiger partial charge is 0.395 e. The first-order chi connectivity index (χ1) is 7.13. The van der Waals surface area contributed by atoms with Crippen molar-refractivity contribution in [3.05, 3.63) is 0 Å². The van der Waals surface area contributed by atoms with Gasteiger partial charge in [-0.1, -0.05) is 13.8 Å². The van der Waals surface area contributed by atoms with Gasteiger partial charge >= 0.3 is 0 Å². The quantitative estimate of drug-likeness (QED) is 0.696. The highest BCUT2D eigenvalue weighted by atomic mass is 16.3. The van der Waals surface area contributed by atoms with Gasteiger partial charge in [0, 0.05) is 13.1 Å². The van der Waals surface area contributed by atoms with E-state index in [1.165, 1.54) is 6.42 Å². The van der Waals surface area contributed by atoms with Gasteiger partial charge in [-0.25, -0.2) is 0 Å². The number of likely N-dealkylation sites (tertiary alicyclic amines) is 1. The molecule has 0 saturated carbocycles. The topological polar surface area (TPSA) is 52.6 Å². The summed E-state index contributed by atoms with van der Waals surface area (Å²) in [6.45, 7) is 7.37. The van der Waals surface area contributed by atoms with Gasteiger partial charge in [0.15, 0.2) is 0 Å². The maximum atomic E-state index is 11.4. The van der Waals surface area contributed by atoms with Gasteiger partial charge in [-0.05, 0) is 24.8 Å². The predicted octanol–water partition coefficient (Wildman–Crippen LogP) is 0.0728. The van der Waals surface area contributed by atoms with Crippen molar-refractivity contribution in [2.24, 2.45) is 11.8 Å². The maximum Gasteiger partial charge on any atom is 0.234 e. The highest BCUT2D eigenvalue weighted by molar-refractivity contribution is 5.77. The molecule has 0 aromatic carbocycles. The molecule has 1 aliphatic rings. The normalized spacial score (nSPS) is 27.7. The molecule has 15 heavy (non-hydrogen) atoms. The number of hydrogen-bond acceptors (Lipinski definition) is 3. The van der Waals surface area contributed by atoms with Gasteiger partial charge in [0.25, 0.3) is 0 Å². The lowest BCUT2D eigenvalue weighted by Crippen LogP contribution is -2.44. The van der Waals surface area contributed by atoms with Crippen molar-refractivity contribution < 1.29 is 9.90 Å². The lowest BCUT2D eigenvalue weighted by atomic mass is 9.89. The summed E-state index contributed by atoms with van der Waals surface area (Å²) in [5.41, 5.74) is 0. The van der Waals surface area contributed by atoms with Gasteiger partial charge in [-0.3, -0.25) is 9.69 Å². The average molecular weight is 214 g/mol. The molecule has 0 spiro atoms. The number of nitrogens with one attached hydrogen (secondary N) is 1. The zero-order valence-electron chi connectivity index (χ0n) is 9.70. The lowest BCUT2D eigenvalue weighted by Gasteiger charge is -2.34. The lowest BCUT2D eigenvalue weighted by molar-refractivity contribution is -0.122. The Balaban J connectivity index is 2.24. The smallest absolute Gasteiger partial charge is 0.234 e. The van der Waals surface area contributed by atoms with Crippen LogP contribution in [-0.4, -0.2) is 48.7 Å². The van der Waals surface area contributed by atoms with Crippen LogP contribution in [0.4, 0.5) is 0 Å². The van der Waals surface area contributed by atoms with Gasteiger partial charge < -0.3 is 10.4 Å². The van der Waals surface area contributed by atoms with Crippen molar-refractivity contribution in [3.63, 3.8) is 0 Å². The number of carbonyl (C=O) groups is 1. The van der Waals surface area contributed by atoms with Crippen LogP contribution in [0.2, 0.25) is 0 Å². The van der Waals surface area contributed by atoms with E-state index in [9.17, 15) is 4.79 Å². The molecule has 0 aliphatic carbocycles. The number of aliphatic hydroxyl groups excluding tert-OH is 1. The fourth-order valence-corrected chi connectivity index (χ4v) is 1.95. The van der Waals surface area contributed by atoms with Crippen LogP contribution >= 0.6 is 0 Å². The Labute approximate surface area is 91.6 Å². The van der Waals surface area contributed by atoms with Crippen molar-refractivity contribution in [2.75, 3.05) is 32.8 Å². The highest BCUT2D eigenvalue weighted by Gasteiger charge is 2.23. The summed E-state index contributed by atoms with van der Waals surface area (Å²) in [5, 5.41) is 11.2. The van der Waals surface area contributed by atoms with Gasteiger partial charge in [-0.15, -0.1) is 0 Å². The molecule has 0 aromatic heterocycles. The minimum atomic E-state index is 0.0131. The first kappa shape index (κ1) is 12.5. The van der Waals surface area contributed by atoms with E-state index in [2.05, 4.69) is 24.1 Å². The van der Waals surface area contributed by atoms with E-state index in [0.29, 0.717) is 19.0 Å². The third kappa shape index (κ3) is 4.18. The Bertz CT molecular complexity index is 209. The molecule has 88 valence electrons. The Morgan fingerprint density at radius 2 is 2.20 bits per heavy atom. The zero-order valence-corrected chi connectivity index (χ0v) is 9.70. The van der Waals surface area contributed by atoms with E-state index in [-0.39, 0.29) is 12.5 Å². The van der Waals surface area contributed by atoms with Gasteiger partial charge in [0.1, 0.15) is 0 Å². The molecule has 1 fully saturated rings. The van der Waals surface area contributed by atoms with E-state index in [0.717, 1.165) is 19.0 Å². The summed E-state index contributed by atoms with van der Waals surface area (Å²) >= 11 is 0. The molecule has 0 aromatic rings. The average Bonchev–Trinajstić information content (AvgIpc) is 2.20. The van der Waals surface area contributed by atoms with Crippen molar-refractivity contribution >= 4 is 5.91 Å². The van der Waals surface area contributed by atoms with Crippen LogP contribution in [0.1, 0.15) is 20.3 Å². The second-order valence-corrected chi connectivity index (χ2v) is 4.55. The van der Waals surface area contributed by atoms with Gasteiger partial charge in [0.05, 0.1) is 13.2 Å². The highest BCUT2D eigenvalue weighted by Crippen LogP contribution is 2.21. The summed E-state index contributed by atoms with van der Waals surface area (Å²) in [5.74, 6) is 1.46. The number of hydrogen-bond donors (Lipinski definition) is 2. The van der Waals surface area contributed by atoms with E-state index in [4.69, 9.17) is 5.11 Å². The maximum absolute atomic E-state index is 11.4. The standard InChI is InChI=1S/C11H22N2O2/c1-9-3-5-13(7-10(9)2)8-11(15)12-4-6-14/h9-10,14H,3-8H2,1-2H3,(H,12,15). The summed E-state index contributed by atoms with van der Waals surface area (Å²) in [6, 6.07) is 0. The number of amides is 1. The molecule has 2 atom stereocenters. The first-order valence-corrected chi connectivity index (χ1v) is 5.73. The molecule has 1 heterocycles. The zero-order chi connectivity index (χ0) is 11.3. The summed E-state index contributed by atoms with van der Waals surface area (Å²) in [7, 11) is 0. The third-order valence-corrected chi connectivity index (χ3v) is 3.22. The SMILES string of the molecule is CC1CCN(CC(=O)NCCO)CC1C. The number of aliphatic hydroxyl groups is 1. The Kier molecular flexibility index (Phi) is 5.05. The fraction of sp³-hybridized carbons (Fsp3) is 0.909. The summed E-state index contributed by atoms with van der Waals surface area (Å²) < 4.78 is 0. The van der Waals surface area contributed by atoms with Crippen molar-refractivity contribution in [2.45, 2.75) is 20.3 Å². The minimum absolute atomic E-state index is 0.0131. The monoisotopic (exact) mass is 214 g/mol. The molecule has 1 aliphatic heterocycles. The molecule has 2 unspecified atom stereocenters. The molecule has 0 bridgehead atoms. The molecule has 4 heteroatoms. The first-order valence-electron chi connectivity index (χ1n) is 5.73. The van der Waals surface area contributed by atoms with Crippen LogP contribution < -0.4 is 5.32 Å². The Hall–Kier alpha value is -0.610. The van der Waals surface area contributed by atoms with Crippen LogP contribution in [0.25, 0.3) is 0 Å². The van der Waals surface area contributed by atoms with Crippen molar-refractivity contribution in [3.8, 4) is 0 Å². The van der Waals surface area contributed by atoms with Crippen LogP contribution in [0.5, 0.6) is 0 Å². The number of piperidine rings is 1. The predicted molar refractivity (Wildman–Crippen MR) is 59.5 cm³/mol. The Morgan fingerprint density at radius 3 is 2.80 bits per heavy atom. The van der Waals surface area contributed by atoms with Crippen LogP contribution in [0.3, 0.4) is 0 Å². The minimum Gasteiger partial charge on any atom is -0.395 e.